The summed E-state index contributed by atoms with van der Waals surface area (Å²) in [5.41, 5.74) is 5.79. The third-order valence-electron chi connectivity index (χ3n) is 4.40. The average Bonchev–Trinajstić information content (AvgIpc) is 3.16. The fourth-order valence-corrected chi connectivity index (χ4v) is 3.58. The van der Waals surface area contributed by atoms with Crippen molar-refractivity contribution in [3.8, 4) is 11.4 Å². The Kier molecular flexibility index (Phi) is 7.19. The van der Waals surface area contributed by atoms with E-state index in [-0.39, 0.29) is 11.7 Å². The summed E-state index contributed by atoms with van der Waals surface area (Å²) in [5, 5.41) is 13.3. The van der Waals surface area contributed by atoms with E-state index in [1.54, 1.807) is 6.21 Å². The van der Waals surface area contributed by atoms with Crippen LogP contribution in [0, 0.1) is 0 Å². The number of nitrogens with one attached hydrogen (secondary N) is 1. The Morgan fingerprint density at radius 1 is 1.14 bits per heavy atom. The lowest BCUT2D eigenvalue weighted by molar-refractivity contribution is -0.118. The molecule has 1 N–H and O–H groups in total. The zero-order chi connectivity index (χ0) is 20.6. The Morgan fingerprint density at radius 2 is 1.86 bits per heavy atom. The van der Waals surface area contributed by atoms with E-state index in [9.17, 15) is 4.79 Å². The summed E-state index contributed by atoms with van der Waals surface area (Å²) in [5.74, 6) is 1.33. The van der Waals surface area contributed by atoms with E-state index in [0.29, 0.717) is 5.92 Å². The molecule has 0 aliphatic rings. The number of rotatable bonds is 8. The summed E-state index contributed by atoms with van der Waals surface area (Å²) in [6.45, 7) is 7.08. The number of aromatic nitrogens is 3. The largest absolute Gasteiger partial charge is 0.302 e. The smallest absolute Gasteiger partial charge is 0.250 e. The molecule has 0 spiro atoms. The summed E-state index contributed by atoms with van der Waals surface area (Å²) >= 11 is 1.35. The Morgan fingerprint density at radius 3 is 2.52 bits per heavy atom. The van der Waals surface area contributed by atoms with Gasteiger partial charge in [0.25, 0.3) is 5.91 Å². The number of hydrogen-bond acceptors (Lipinski definition) is 5. The van der Waals surface area contributed by atoms with Gasteiger partial charge in [0.15, 0.2) is 11.0 Å². The molecule has 6 nitrogen and oxygen atoms in total. The molecule has 0 atom stereocenters. The second-order valence-electron chi connectivity index (χ2n) is 6.82. The topological polar surface area (TPSA) is 72.2 Å². The molecule has 0 bridgehead atoms. The van der Waals surface area contributed by atoms with Crippen molar-refractivity contribution in [3.63, 3.8) is 0 Å². The van der Waals surface area contributed by atoms with Crippen LogP contribution in [0.15, 0.2) is 64.9 Å². The van der Waals surface area contributed by atoms with Gasteiger partial charge in [-0.05, 0) is 24.0 Å². The van der Waals surface area contributed by atoms with E-state index in [4.69, 9.17) is 0 Å². The number of carbonyl (C=O) groups excluding carboxylic acids is 1. The monoisotopic (exact) mass is 407 g/mol. The molecule has 0 aliphatic carbocycles. The van der Waals surface area contributed by atoms with Gasteiger partial charge >= 0.3 is 0 Å². The van der Waals surface area contributed by atoms with Crippen LogP contribution in [0.4, 0.5) is 0 Å². The summed E-state index contributed by atoms with van der Waals surface area (Å²) in [6, 6.07) is 18.0. The van der Waals surface area contributed by atoms with Gasteiger partial charge in [-0.2, -0.15) is 5.10 Å². The quantitative estimate of drug-likeness (QED) is 0.343. The molecule has 1 heterocycles. The Hall–Kier alpha value is -2.93. The van der Waals surface area contributed by atoms with E-state index in [0.717, 1.165) is 28.7 Å². The van der Waals surface area contributed by atoms with Gasteiger partial charge in [-0.3, -0.25) is 4.79 Å². The van der Waals surface area contributed by atoms with E-state index in [2.05, 4.69) is 46.7 Å². The highest BCUT2D eigenvalue weighted by Crippen LogP contribution is 2.23. The van der Waals surface area contributed by atoms with Crippen molar-refractivity contribution in [3.05, 3.63) is 65.7 Å². The fourth-order valence-electron chi connectivity index (χ4n) is 2.79. The van der Waals surface area contributed by atoms with Crippen molar-refractivity contribution in [2.24, 2.45) is 5.10 Å². The van der Waals surface area contributed by atoms with E-state index in [1.165, 1.54) is 17.3 Å². The van der Waals surface area contributed by atoms with Gasteiger partial charge in [-0.1, -0.05) is 80.2 Å². The molecule has 1 amide bonds. The summed E-state index contributed by atoms with van der Waals surface area (Å²) in [6.07, 6.45) is 1.65. The predicted octanol–water partition coefficient (Wildman–Crippen LogP) is 4.33. The minimum absolute atomic E-state index is 0.183. The number of amides is 1. The van der Waals surface area contributed by atoms with Crippen LogP contribution in [-0.4, -0.2) is 32.6 Å². The average molecular weight is 408 g/mol. The van der Waals surface area contributed by atoms with Crippen molar-refractivity contribution in [1.82, 2.24) is 20.2 Å². The Labute approximate surface area is 175 Å². The first-order valence-corrected chi connectivity index (χ1v) is 10.6. The molecule has 0 aliphatic heterocycles. The third-order valence-corrected chi connectivity index (χ3v) is 5.37. The molecule has 29 heavy (non-hydrogen) atoms. The number of hydrogen-bond donors (Lipinski definition) is 1. The maximum Gasteiger partial charge on any atom is 0.250 e. The van der Waals surface area contributed by atoms with Crippen molar-refractivity contribution in [2.75, 3.05) is 5.75 Å². The zero-order valence-electron chi connectivity index (χ0n) is 16.9. The van der Waals surface area contributed by atoms with Crippen LogP contribution in [0.1, 0.15) is 37.8 Å². The minimum Gasteiger partial charge on any atom is -0.302 e. The lowest BCUT2D eigenvalue weighted by Crippen LogP contribution is -2.20. The second kappa shape index (κ2) is 10.0. The summed E-state index contributed by atoms with van der Waals surface area (Å²) in [4.78, 5) is 12.1. The van der Waals surface area contributed by atoms with Crippen LogP contribution in [0.25, 0.3) is 11.4 Å². The molecule has 0 radical (unpaired) electrons. The standard InChI is InChI=1S/C22H25N5OS/c1-4-27-21(19-8-6-5-7-9-19)25-26-22(27)29-15-20(28)24-23-14-17-10-12-18(13-11-17)16(2)3/h5-14,16H,4,15H2,1-3H3,(H,24,28)/b23-14+. The minimum atomic E-state index is -0.183. The maximum atomic E-state index is 12.1. The molecule has 0 saturated carbocycles. The van der Waals surface area contributed by atoms with Crippen molar-refractivity contribution < 1.29 is 4.79 Å². The molecule has 0 saturated heterocycles. The maximum absolute atomic E-state index is 12.1. The van der Waals surface area contributed by atoms with Gasteiger partial charge in [0.05, 0.1) is 12.0 Å². The van der Waals surface area contributed by atoms with Crippen molar-refractivity contribution in [2.45, 2.75) is 38.4 Å². The van der Waals surface area contributed by atoms with Gasteiger partial charge in [0.1, 0.15) is 0 Å². The summed E-state index contributed by atoms with van der Waals surface area (Å²) < 4.78 is 2.01. The first-order chi connectivity index (χ1) is 14.1. The first kappa shape index (κ1) is 20.8. The molecular formula is C22H25N5OS. The number of thioether (sulfide) groups is 1. The highest BCUT2D eigenvalue weighted by molar-refractivity contribution is 7.99. The van der Waals surface area contributed by atoms with Crippen molar-refractivity contribution >= 4 is 23.9 Å². The molecular weight excluding hydrogens is 382 g/mol. The molecule has 1 aromatic heterocycles. The Balaban J connectivity index is 1.55. The van der Waals surface area contributed by atoms with Gasteiger partial charge in [0, 0.05) is 12.1 Å². The lowest BCUT2D eigenvalue weighted by atomic mass is 10.0. The third kappa shape index (κ3) is 5.54. The predicted molar refractivity (Wildman–Crippen MR) is 118 cm³/mol. The fraction of sp³-hybridized carbons (Fsp3) is 0.273. The van der Waals surface area contributed by atoms with Gasteiger partial charge in [-0.25, -0.2) is 5.43 Å². The second-order valence-corrected chi connectivity index (χ2v) is 7.76. The van der Waals surface area contributed by atoms with Gasteiger partial charge in [0.2, 0.25) is 0 Å². The lowest BCUT2D eigenvalue weighted by Gasteiger charge is -2.07. The number of benzene rings is 2. The zero-order valence-corrected chi connectivity index (χ0v) is 17.7. The molecule has 0 fully saturated rings. The highest BCUT2D eigenvalue weighted by atomic mass is 32.2. The highest BCUT2D eigenvalue weighted by Gasteiger charge is 2.14. The normalized spacial score (nSPS) is 11.3. The first-order valence-electron chi connectivity index (χ1n) is 9.61. The Bertz CT molecular complexity index is 965. The van der Waals surface area contributed by atoms with Crippen LogP contribution >= 0.6 is 11.8 Å². The van der Waals surface area contributed by atoms with Crippen LogP contribution in [0.2, 0.25) is 0 Å². The van der Waals surface area contributed by atoms with E-state index < -0.39 is 0 Å². The number of hydrazone groups is 1. The molecule has 3 rings (SSSR count). The van der Waals surface area contributed by atoms with Crippen LogP contribution < -0.4 is 5.43 Å². The number of carbonyl (C=O) groups is 1. The number of nitrogens with zero attached hydrogens (tertiary/aromatic N) is 4. The van der Waals surface area contributed by atoms with Crippen molar-refractivity contribution in [1.29, 1.82) is 0 Å². The van der Waals surface area contributed by atoms with Gasteiger partial charge in [-0.15, -0.1) is 10.2 Å². The van der Waals surface area contributed by atoms with Crippen LogP contribution in [0.3, 0.4) is 0 Å². The molecule has 0 unspecified atom stereocenters. The van der Waals surface area contributed by atoms with Gasteiger partial charge < -0.3 is 4.57 Å². The molecule has 2 aromatic carbocycles. The van der Waals surface area contributed by atoms with E-state index in [1.807, 2.05) is 54.0 Å². The van der Waals surface area contributed by atoms with Crippen LogP contribution in [-0.2, 0) is 11.3 Å². The van der Waals surface area contributed by atoms with Crippen LogP contribution in [0.5, 0.6) is 0 Å². The molecule has 150 valence electrons. The SMILES string of the molecule is CCn1c(SCC(=O)N/N=C/c2ccc(C(C)C)cc2)nnc1-c1ccccc1. The van der Waals surface area contributed by atoms with E-state index >= 15 is 0 Å². The molecule has 3 aromatic rings. The molecule has 7 heteroatoms. The summed E-state index contributed by atoms with van der Waals surface area (Å²) in [7, 11) is 0.